The van der Waals surface area contributed by atoms with E-state index in [0.29, 0.717) is 0 Å². The summed E-state index contributed by atoms with van der Waals surface area (Å²) in [5.74, 6) is 0. The van der Waals surface area contributed by atoms with Crippen molar-refractivity contribution in [2.45, 2.75) is 36.9 Å². The number of fused-ring (bicyclic) bond motifs is 2. The Morgan fingerprint density at radius 1 is 1.08 bits per heavy atom. The van der Waals surface area contributed by atoms with Crippen LogP contribution in [0.2, 0.25) is 0 Å². The summed E-state index contributed by atoms with van der Waals surface area (Å²) >= 11 is 0. The molecule has 130 valence electrons. The largest absolute Gasteiger partial charge is 0.390 e. The van der Waals surface area contributed by atoms with Crippen LogP contribution in [0.5, 0.6) is 0 Å². The minimum absolute atomic E-state index is 0.152. The second-order valence-corrected chi connectivity index (χ2v) is 6.12. The van der Waals surface area contributed by atoms with E-state index in [-0.39, 0.29) is 6.61 Å². The molecule has 2 aliphatic rings. The van der Waals surface area contributed by atoms with E-state index < -0.39 is 36.9 Å². The molecule has 8 heteroatoms. The number of aliphatic hydroxyl groups is 2. The highest BCUT2D eigenvalue weighted by molar-refractivity contribution is 5.83. The van der Waals surface area contributed by atoms with E-state index in [1.165, 1.54) is 0 Å². The average molecular weight is 343 g/mol. The molecule has 0 saturated carbocycles. The van der Waals surface area contributed by atoms with Crippen molar-refractivity contribution in [2.24, 2.45) is 5.11 Å². The van der Waals surface area contributed by atoms with Gasteiger partial charge in [-0.25, -0.2) is 0 Å². The van der Waals surface area contributed by atoms with Crippen LogP contribution >= 0.6 is 0 Å². The molecule has 2 aromatic rings. The zero-order chi connectivity index (χ0) is 17.4. The first-order valence-electron chi connectivity index (χ1n) is 7.99. The van der Waals surface area contributed by atoms with Crippen LogP contribution in [0.15, 0.2) is 47.6 Å². The summed E-state index contributed by atoms with van der Waals surface area (Å²) in [6.07, 6.45) is -4.64. The predicted octanol–water partition coefficient (Wildman–Crippen LogP) is 2.01. The van der Waals surface area contributed by atoms with E-state index in [9.17, 15) is 10.2 Å². The van der Waals surface area contributed by atoms with Crippen LogP contribution in [0, 0.1) is 0 Å². The minimum atomic E-state index is -1.39. The third-order valence-corrected chi connectivity index (χ3v) is 4.58. The Kier molecular flexibility index (Phi) is 4.30. The van der Waals surface area contributed by atoms with Crippen LogP contribution in [0.3, 0.4) is 0 Å². The fourth-order valence-corrected chi connectivity index (χ4v) is 3.30. The van der Waals surface area contributed by atoms with Crippen molar-refractivity contribution >= 4 is 10.8 Å². The molecule has 2 aliphatic heterocycles. The van der Waals surface area contributed by atoms with Gasteiger partial charge in [0, 0.05) is 10.5 Å². The highest BCUT2D eigenvalue weighted by Gasteiger charge is 2.48. The second-order valence-electron chi connectivity index (χ2n) is 6.12. The van der Waals surface area contributed by atoms with Crippen LogP contribution in [0.1, 0.15) is 11.9 Å². The van der Waals surface area contributed by atoms with E-state index in [1.807, 2.05) is 42.5 Å². The van der Waals surface area contributed by atoms with Gasteiger partial charge in [0.25, 0.3) is 0 Å². The van der Waals surface area contributed by atoms with Crippen LogP contribution in [0.25, 0.3) is 21.2 Å². The van der Waals surface area contributed by atoms with Gasteiger partial charge in [-0.1, -0.05) is 41.5 Å². The normalized spacial score (nSPS) is 35.0. The summed E-state index contributed by atoms with van der Waals surface area (Å²) in [5.41, 5.74) is 9.41. The van der Waals surface area contributed by atoms with Gasteiger partial charge < -0.3 is 24.4 Å². The first-order valence-corrected chi connectivity index (χ1v) is 7.99. The molecule has 2 heterocycles. The Balaban J connectivity index is 1.58. The third-order valence-electron chi connectivity index (χ3n) is 4.58. The molecule has 8 nitrogen and oxygen atoms in total. The lowest BCUT2D eigenvalue weighted by atomic mass is 9.96. The molecule has 2 unspecified atom stereocenters. The van der Waals surface area contributed by atoms with Gasteiger partial charge in [0.2, 0.25) is 0 Å². The fraction of sp³-hybridized carbons (Fsp3) is 0.412. The lowest BCUT2D eigenvalue weighted by molar-refractivity contribution is -0.335. The van der Waals surface area contributed by atoms with Crippen LogP contribution in [0.4, 0.5) is 0 Å². The molecule has 25 heavy (non-hydrogen) atoms. The van der Waals surface area contributed by atoms with Crippen molar-refractivity contribution in [3.8, 4) is 0 Å². The van der Waals surface area contributed by atoms with Crippen molar-refractivity contribution < 1.29 is 24.4 Å². The molecular formula is C17H17N3O5. The van der Waals surface area contributed by atoms with E-state index in [4.69, 9.17) is 19.7 Å². The summed E-state index contributed by atoms with van der Waals surface area (Å²) in [6, 6.07) is 12.7. The van der Waals surface area contributed by atoms with Gasteiger partial charge in [-0.2, -0.15) is 0 Å². The van der Waals surface area contributed by atoms with Crippen LogP contribution < -0.4 is 0 Å². The highest BCUT2D eigenvalue weighted by atomic mass is 16.7. The maximum atomic E-state index is 10.4. The Morgan fingerprint density at radius 3 is 2.68 bits per heavy atom. The molecule has 0 bridgehead atoms. The monoisotopic (exact) mass is 343 g/mol. The molecule has 0 aliphatic carbocycles. The van der Waals surface area contributed by atoms with Crippen molar-refractivity contribution in [2.75, 3.05) is 6.61 Å². The molecule has 2 N–H and O–H groups in total. The zero-order valence-electron chi connectivity index (χ0n) is 13.2. The van der Waals surface area contributed by atoms with Gasteiger partial charge in [0.05, 0.1) is 12.7 Å². The lowest BCUT2D eigenvalue weighted by Gasteiger charge is -2.45. The number of rotatable bonds is 2. The Morgan fingerprint density at radius 2 is 1.88 bits per heavy atom. The maximum absolute atomic E-state index is 10.4. The number of hydrogen-bond donors (Lipinski definition) is 2. The Labute approximate surface area is 143 Å². The smallest absolute Gasteiger partial charge is 0.184 e. The van der Waals surface area contributed by atoms with E-state index >= 15 is 0 Å². The third kappa shape index (κ3) is 2.96. The van der Waals surface area contributed by atoms with Gasteiger partial charge in [-0.05, 0) is 22.4 Å². The molecule has 2 aromatic carbocycles. The van der Waals surface area contributed by atoms with E-state index in [1.54, 1.807) is 0 Å². The summed E-state index contributed by atoms with van der Waals surface area (Å²) < 4.78 is 16.9. The predicted molar refractivity (Wildman–Crippen MR) is 87.3 cm³/mol. The number of nitrogens with zero attached hydrogens (tertiary/aromatic N) is 3. The average Bonchev–Trinajstić information content (AvgIpc) is 2.64. The topological polar surface area (TPSA) is 117 Å². The number of aliphatic hydroxyl groups excluding tert-OH is 2. The van der Waals surface area contributed by atoms with Gasteiger partial charge in [0.15, 0.2) is 12.6 Å². The quantitative estimate of drug-likeness (QED) is 0.491. The van der Waals surface area contributed by atoms with E-state index in [0.717, 1.165) is 16.3 Å². The molecule has 0 aromatic heterocycles. The number of azide groups is 1. The summed E-state index contributed by atoms with van der Waals surface area (Å²) in [5, 5.41) is 25.8. The number of hydrogen-bond acceptors (Lipinski definition) is 6. The molecule has 0 spiro atoms. The Bertz CT molecular complexity index is 825. The first-order chi connectivity index (χ1) is 12.2. The molecule has 6 atom stereocenters. The molecular weight excluding hydrogens is 326 g/mol. The molecule has 4 rings (SSSR count). The summed E-state index contributed by atoms with van der Waals surface area (Å²) in [4.78, 5) is 2.65. The molecule has 0 amide bonds. The van der Waals surface area contributed by atoms with Crippen molar-refractivity contribution in [3.63, 3.8) is 0 Å². The van der Waals surface area contributed by atoms with Crippen molar-refractivity contribution in [1.29, 1.82) is 0 Å². The number of benzene rings is 2. The lowest BCUT2D eigenvalue weighted by Crippen LogP contribution is -2.61. The zero-order valence-corrected chi connectivity index (χ0v) is 13.2. The van der Waals surface area contributed by atoms with Gasteiger partial charge in [-0.15, -0.1) is 0 Å². The molecule has 2 fully saturated rings. The highest BCUT2D eigenvalue weighted by Crippen LogP contribution is 2.35. The SMILES string of the molecule is [N-]=[N+]=N[C@H]1C(O)O[C@@H]2COC(c3ccc4ccccc4c3)O[C@H]2[C@@H]1O. The fourth-order valence-electron chi connectivity index (χ4n) is 3.30. The number of ether oxygens (including phenoxy) is 3. The van der Waals surface area contributed by atoms with Gasteiger partial charge >= 0.3 is 0 Å². The van der Waals surface area contributed by atoms with Gasteiger partial charge in [0.1, 0.15) is 18.2 Å². The summed E-state index contributed by atoms with van der Waals surface area (Å²) in [7, 11) is 0. The maximum Gasteiger partial charge on any atom is 0.184 e. The standard InChI is InChI=1S/C17H17N3O5/c18-20-19-13-14(21)15-12(24-16(13)22)8-23-17(25-15)11-6-5-9-3-1-2-4-10(9)7-11/h1-7,12-17,21-22H,8H2/t12-,13-,14-,15-,16?,17?/m1/s1. The summed E-state index contributed by atoms with van der Waals surface area (Å²) in [6.45, 7) is 0.152. The minimum Gasteiger partial charge on any atom is -0.390 e. The second kappa shape index (κ2) is 6.61. The van der Waals surface area contributed by atoms with E-state index in [2.05, 4.69) is 10.0 Å². The molecule has 0 radical (unpaired) electrons. The van der Waals surface area contributed by atoms with Gasteiger partial charge in [-0.3, -0.25) is 0 Å². The first kappa shape index (κ1) is 16.3. The van der Waals surface area contributed by atoms with Crippen molar-refractivity contribution in [1.82, 2.24) is 0 Å². The van der Waals surface area contributed by atoms with Crippen LogP contribution in [-0.2, 0) is 14.2 Å². The van der Waals surface area contributed by atoms with Crippen molar-refractivity contribution in [3.05, 3.63) is 58.5 Å². The Hall–Kier alpha value is -2.19. The van der Waals surface area contributed by atoms with Crippen LogP contribution in [-0.4, -0.2) is 47.5 Å². The molecule has 2 saturated heterocycles.